The van der Waals surface area contributed by atoms with Crippen LogP contribution in [-0.2, 0) is 4.79 Å². The fourth-order valence-corrected chi connectivity index (χ4v) is 2.22. The third-order valence-electron chi connectivity index (χ3n) is 3.12. The monoisotopic (exact) mass is 251 g/mol. The van der Waals surface area contributed by atoms with Gasteiger partial charge in [0.2, 0.25) is 0 Å². The molecular formula is C13H14FNO3. The van der Waals surface area contributed by atoms with Gasteiger partial charge in [-0.15, -0.1) is 0 Å². The highest BCUT2D eigenvalue weighted by atomic mass is 19.1. The smallest absolute Gasteiger partial charge is 0.326 e. The average molecular weight is 251 g/mol. The van der Waals surface area contributed by atoms with Gasteiger partial charge in [-0.1, -0.05) is 6.07 Å². The van der Waals surface area contributed by atoms with Gasteiger partial charge in [-0.3, -0.25) is 4.79 Å². The average Bonchev–Trinajstić information content (AvgIpc) is 2.38. The van der Waals surface area contributed by atoms with E-state index in [-0.39, 0.29) is 5.56 Å². The number of hydrogen-bond donors (Lipinski definition) is 1. The number of carboxylic acids is 1. The maximum absolute atomic E-state index is 13.1. The van der Waals surface area contributed by atoms with E-state index in [4.69, 9.17) is 5.11 Å². The van der Waals surface area contributed by atoms with Crippen molar-refractivity contribution in [2.24, 2.45) is 0 Å². The highest BCUT2D eigenvalue weighted by molar-refractivity contribution is 5.96. The van der Waals surface area contributed by atoms with Crippen molar-refractivity contribution >= 4 is 11.9 Å². The molecule has 0 aliphatic carbocycles. The number of amides is 1. The van der Waals surface area contributed by atoms with Crippen LogP contribution in [0.3, 0.4) is 0 Å². The van der Waals surface area contributed by atoms with E-state index < -0.39 is 23.7 Å². The Balaban J connectivity index is 2.23. The van der Waals surface area contributed by atoms with Gasteiger partial charge in [0.1, 0.15) is 11.9 Å². The van der Waals surface area contributed by atoms with E-state index in [0.717, 1.165) is 18.9 Å². The highest BCUT2D eigenvalue weighted by Gasteiger charge is 2.32. The first-order chi connectivity index (χ1) is 8.59. The lowest BCUT2D eigenvalue weighted by molar-refractivity contribution is -0.143. The molecule has 0 aromatic heterocycles. The van der Waals surface area contributed by atoms with Crippen molar-refractivity contribution in [2.75, 3.05) is 6.54 Å². The predicted octanol–water partition coefficient (Wildman–Crippen LogP) is 1.91. The van der Waals surface area contributed by atoms with Crippen LogP contribution >= 0.6 is 0 Å². The second kappa shape index (κ2) is 5.16. The molecule has 1 amide bonds. The summed E-state index contributed by atoms with van der Waals surface area (Å²) in [5, 5.41) is 9.09. The van der Waals surface area contributed by atoms with E-state index in [1.54, 1.807) is 0 Å². The molecule has 0 spiro atoms. The second-order valence-electron chi connectivity index (χ2n) is 4.36. The van der Waals surface area contributed by atoms with Crippen molar-refractivity contribution in [1.29, 1.82) is 0 Å². The minimum atomic E-state index is -1.00. The fraction of sp³-hybridized carbons (Fsp3) is 0.385. The number of hydrogen-bond acceptors (Lipinski definition) is 2. The van der Waals surface area contributed by atoms with E-state index >= 15 is 0 Å². The van der Waals surface area contributed by atoms with E-state index in [1.165, 1.54) is 23.1 Å². The van der Waals surface area contributed by atoms with Gasteiger partial charge in [0.25, 0.3) is 5.91 Å². The van der Waals surface area contributed by atoms with Crippen molar-refractivity contribution in [2.45, 2.75) is 25.3 Å². The largest absolute Gasteiger partial charge is 0.480 e. The Hall–Kier alpha value is -1.91. The van der Waals surface area contributed by atoms with E-state index in [9.17, 15) is 14.0 Å². The Labute approximate surface area is 104 Å². The molecule has 1 aliphatic heterocycles. The van der Waals surface area contributed by atoms with Crippen LogP contribution in [0.1, 0.15) is 29.6 Å². The van der Waals surface area contributed by atoms with Crippen LogP contribution < -0.4 is 0 Å². The summed E-state index contributed by atoms with van der Waals surface area (Å²) in [7, 11) is 0. The summed E-state index contributed by atoms with van der Waals surface area (Å²) in [4.78, 5) is 24.6. The molecule has 5 heteroatoms. The number of piperidine rings is 1. The highest BCUT2D eigenvalue weighted by Crippen LogP contribution is 2.20. The molecule has 1 atom stereocenters. The van der Waals surface area contributed by atoms with Gasteiger partial charge >= 0.3 is 5.97 Å². The van der Waals surface area contributed by atoms with E-state index in [2.05, 4.69) is 0 Å². The first-order valence-electron chi connectivity index (χ1n) is 5.89. The van der Waals surface area contributed by atoms with Crippen LogP contribution in [0.4, 0.5) is 4.39 Å². The van der Waals surface area contributed by atoms with Gasteiger partial charge in [-0.25, -0.2) is 9.18 Å². The van der Waals surface area contributed by atoms with Gasteiger partial charge in [0, 0.05) is 12.1 Å². The lowest BCUT2D eigenvalue weighted by Crippen LogP contribution is -2.48. The lowest BCUT2D eigenvalue weighted by Gasteiger charge is -2.33. The molecular weight excluding hydrogens is 237 g/mol. The SMILES string of the molecule is O=C(O)[C@H]1CCCCN1C(=O)c1cccc(F)c1. The number of aliphatic carboxylic acids is 1. The Morgan fingerprint density at radius 1 is 1.33 bits per heavy atom. The number of rotatable bonds is 2. The molecule has 4 nitrogen and oxygen atoms in total. The summed E-state index contributed by atoms with van der Waals surface area (Å²) in [6.07, 6.45) is 2.03. The number of halogens is 1. The molecule has 96 valence electrons. The molecule has 1 saturated heterocycles. The number of carbonyl (C=O) groups excluding carboxylic acids is 1. The number of nitrogens with zero attached hydrogens (tertiary/aromatic N) is 1. The molecule has 18 heavy (non-hydrogen) atoms. The summed E-state index contributed by atoms with van der Waals surface area (Å²) >= 11 is 0. The third-order valence-corrected chi connectivity index (χ3v) is 3.12. The van der Waals surface area contributed by atoms with Gasteiger partial charge in [0.05, 0.1) is 0 Å². The number of carbonyl (C=O) groups is 2. The van der Waals surface area contributed by atoms with E-state index in [0.29, 0.717) is 13.0 Å². The first kappa shape index (κ1) is 12.5. The maximum Gasteiger partial charge on any atom is 0.326 e. The van der Waals surface area contributed by atoms with Crippen molar-refractivity contribution in [1.82, 2.24) is 4.90 Å². The fourth-order valence-electron chi connectivity index (χ4n) is 2.22. The van der Waals surface area contributed by atoms with Crippen LogP contribution in [0.2, 0.25) is 0 Å². The van der Waals surface area contributed by atoms with Gasteiger partial charge in [0.15, 0.2) is 0 Å². The molecule has 0 bridgehead atoms. The molecule has 0 unspecified atom stereocenters. The van der Waals surface area contributed by atoms with Crippen molar-refractivity contribution in [3.05, 3.63) is 35.6 Å². The zero-order valence-electron chi connectivity index (χ0n) is 9.80. The molecule has 1 fully saturated rings. The molecule has 0 saturated carbocycles. The predicted molar refractivity (Wildman–Crippen MR) is 62.7 cm³/mol. The zero-order valence-corrected chi connectivity index (χ0v) is 9.80. The zero-order chi connectivity index (χ0) is 13.1. The third kappa shape index (κ3) is 2.50. The summed E-state index contributed by atoms with van der Waals surface area (Å²) in [6, 6.07) is 4.54. The molecule has 1 aliphatic rings. The number of benzene rings is 1. The number of carboxylic acid groups (broad SMARTS) is 1. The lowest BCUT2D eigenvalue weighted by atomic mass is 10.0. The number of likely N-dealkylation sites (tertiary alicyclic amines) is 1. The molecule has 0 radical (unpaired) electrons. The second-order valence-corrected chi connectivity index (χ2v) is 4.36. The first-order valence-corrected chi connectivity index (χ1v) is 5.89. The van der Waals surface area contributed by atoms with Crippen molar-refractivity contribution in [3.8, 4) is 0 Å². The van der Waals surface area contributed by atoms with Gasteiger partial charge < -0.3 is 10.0 Å². The van der Waals surface area contributed by atoms with Crippen molar-refractivity contribution < 1.29 is 19.1 Å². The standard InChI is InChI=1S/C13H14FNO3/c14-10-5-3-4-9(8-10)12(16)15-7-2-1-6-11(15)13(17)18/h3-5,8,11H,1-2,6-7H2,(H,17,18)/t11-/m1/s1. The summed E-state index contributed by atoms with van der Waals surface area (Å²) < 4.78 is 13.1. The van der Waals surface area contributed by atoms with Crippen LogP contribution in [-0.4, -0.2) is 34.5 Å². The van der Waals surface area contributed by atoms with Crippen LogP contribution in [0, 0.1) is 5.82 Å². The normalized spacial score (nSPS) is 19.6. The Morgan fingerprint density at radius 3 is 2.78 bits per heavy atom. The maximum atomic E-state index is 13.1. The Kier molecular flexibility index (Phi) is 3.60. The summed E-state index contributed by atoms with van der Waals surface area (Å²) in [5.41, 5.74) is 0.197. The molecule has 1 heterocycles. The molecule has 1 aromatic rings. The van der Waals surface area contributed by atoms with Crippen LogP contribution in [0.15, 0.2) is 24.3 Å². The topological polar surface area (TPSA) is 57.6 Å². The Bertz CT molecular complexity index is 475. The quantitative estimate of drug-likeness (QED) is 0.873. The van der Waals surface area contributed by atoms with Gasteiger partial charge in [-0.2, -0.15) is 0 Å². The molecule has 1 aromatic carbocycles. The molecule has 1 N–H and O–H groups in total. The van der Waals surface area contributed by atoms with Crippen molar-refractivity contribution in [3.63, 3.8) is 0 Å². The summed E-state index contributed by atoms with van der Waals surface area (Å²) in [6.45, 7) is 0.409. The minimum Gasteiger partial charge on any atom is -0.480 e. The Morgan fingerprint density at radius 2 is 2.11 bits per heavy atom. The van der Waals surface area contributed by atoms with E-state index in [1.807, 2.05) is 0 Å². The minimum absolute atomic E-state index is 0.197. The van der Waals surface area contributed by atoms with Gasteiger partial charge in [-0.05, 0) is 37.5 Å². The molecule has 2 rings (SSSR count). The summed E-state index contributed by atoms with van der Waals surface area (Å²) in [5.74, 6) is -1.91. The van der Waals surface area contributed by atoms with Crippen LogP contribution in [0.25, 0.3) is 0 Å². The van der Waals surface area contributed by atoms with Crippen LogP contribution in [0.5, 0.6) is 0 Å².